The molecule has 80 valence electrons. The summed E-state index contributed by atoms with van der Waals surface area (Å²) in [6.45, 7) is 6.02. The Hall–Kier alpha value is -0.920. The highest BCUT2D eigenvalue weighted by molar-refractivity contribution is 5.23. The van der Waals surface area contributed by atoms with E-state index in [1.807, 2.05) is 39.0 Å². The van der Waals surface area contributed by atoms with Crippen molar-refractivity contribution in [2.75, 3.05) is 0 Å². The molecule has 0 nitrogen and oxygen atoms in total. The molecule has 0 atom stereocenters. The van der Waals surface area contributed by atoms with Crippen molar-refractivity contribution in [2.24, 2.45) is 0 Å². The quantitative estimate of drug-likeness (QED) is 0.689. The van der Waals surface area contributed by atoms with Gasteiger partial charge in [-0.05, 0) is 17.5 Å². The molecule has 0 aromatic heterocycles. The summed E-state index contributed by atoms with van der Waals surface area (Å²) in [4.78, 5) is 0. The third-order valence-electron chi connectivity index (χ3n) is 1.79. The molecule has 0 aliphatic rings. The summed E-state index contributed by atoms with van der Waals surface area (Å²) >= 11 is 0. The van der Waals surface area contributed by atoms with Gasteiger partial charge in [0.05, 0.1) is 0 Å². The van der Waals surface area contributed by atoms with Gasteiger partial charge in [0.2, 0.25) is 6.43 Å². The number of hydrogen-bond donors (Lipinski definition) is 0. The number of benzene rings is 1. The van der Waals surface area contributed by atoms with Crippen molar-refractivity contribution in [1.82, 2.24) is 0 Å². The number of alkyl halides is 2. The standard InChI is InChI=1S/C10H12F2.C2H6/c1-2-8-4-3-5-9(6-8)7-10(11)12;1-2/h3-6,10H,2,7H2,1H3;1-2H3. The summed E-state index contributed by atoms with van der Waals surface area (Å²) in [5.41, 5.74) is 1.84. The highest BCUT2D eigenvalue weighted by Gasteiger charge is 2.03. The molecule has 1 aromatic rings. The number of rotatable bonds is 3. The first-order chi connectivity index (χ1) is 6.72. The summed E-state index contributed by atoms with van der Waals surface area (Å²) in [7, 11) is 0. The molecule has 0 saturated carbocycles. The van der Waals surface area contributed by atoms with E-state index in [9.17, 15) is 8.78 Å². The zero-order valence-electron chi connectivity index (χ0n) is 9.06. The molecule has 0 saturated heterocycles. The van der Waals surface area contributed by atoms with Gasteiger partial charge in [-0.1, -0.05) is 45.0 Å². The number of halogens is 2. The first-order valence-corrected chi connectivity index (χ1v) is 5.08. The Bertz CT molecular complexity index is 244. The lowest BCUT2D eigenvalue weighted by atomic mass is 10.1. The van der Waals surface area contributed by atoms with Crippen LogP contribution in [0.1, 0.15) is 31.9 Å². The Kier molecular flexibility index (Phi) is 6.99. The van der Waals surface area contributed by atoms with E-state index in [0.717, 1.165) is 17.5 Å². The molecule has 0 spiro atoms. The maximum absolute atomic E-state index is 12.0. The van der Waals surface area contributed by atoms with Crippen molar-refractivity contribution in [3.63, 3.8) is 0 Å². The minimum absolute atomic E-state index is 0.131. The average molecular weight is 200 g/mol. The van der Waals surface area contributed by atoms with Crippen molar-refractivity contribution in [2.45, 2.75) is 40.0 Å². The third-order valence-corrected chi connectivity index (χ3v) is 1.79. The van der Waals surface area contributed by atoms with Crippen LogP contribution in [0, 0.1) is 0 Å². The molecule has 0 N–H and O–H groups in total. The number of hydrogen-bond acceptors (Lipinski definition) is 0. The summed E-state index contributed by atoms with van der Waals surface area (Å²) in [5, 5.41) is 0. The molecule has 0 aliphatic carbocycles. The molecule has 14 heavy (non-hydrogen) atoms. The van der Waals surface area contributed by atoms with Crippen molar-refractivity contribution in [3.8, 4) is 0 Å². The first kappa shape index (κ1) is 13.1. The van der Waals surface area contributed by atoms with Crippen LogP contribution in [0.2, 0.25) is 0 Å². The number of aryl methyl sites for hydroxylation is 1. The van der Waals surface area contributed by atoms with Crippen LogP contribution in [-0.2, 0) is 12.8 Å². The Morgan fingerprint density at radius 3 is 2.21 bits per heavy atom. The second-order valence-electron chi connectivity index (χ2n) is 2.77. The normalized spacial score (nSPS) is 9.57. The van der Waals surface area contributed by atoms with E-state index in [-0.39, 0.29) is 6.42 Å². The lowest BCUT2D eigenvalue weighted by Crippen LogP contribution is -1.96. The molecule has 0 unspecified atom stereocenters. The zero-order valence-corrected chi connectivity index (χ0v) is 9.06. The maximum Gasteiger partial charge on any atom is 0.242 e. The van der Waals surface area contributed by atoms with E-state index in [2.05, 4.69) is 0 Å². The molecule has 0 heterocycles. The predicted molar refractivity (Wildman–Crippen MR) is 56.9 cm³/mol. The topological polar surface area (TPSA) is 0 Å². The Morgan fingerprint density at radius 1 is 1.14 bits per heavy atom. The Balaban J connectivity index is 0.000000791. The Labute approximate surface area is 85.0 Å². The largest absolute Gasteiger partial charge is 0.242 e. The minimum atomic E-state index is -2.24. The predicted octanol–water partition coefficient (Wildman–Crippen LogP) is 4.08. The van der Waals surface area contributed by atoms with E-state index >= 15 is 0 Å². The zero-order chi connectivity index (χ0) is 11.0. The van der Waals surface area contributed by atoms with Gasteiger partial charge in [-0.15, -0.1) is 0 Å². The van der Waals surface area contributed by atoms with Crippen LogP contribution in [0.3, 0.4) is 0 Å². The molecule has 0 bridgehead atoms. The fraction of sp³-hybridized carbons (Fsp3) is 0.500. The van der Waals surface area contributed by atoms with Gasteiger partial charge < -0.3 is 0 Å². The van der Waals surface area contributed by atoms with E-state index in [1.165, 1.54) is 0 Å². The van der Waals surface area contributed by atoms with Crippen LogP contribution in [-0.4, -0.2) is 6.43 Å². The van der Waals surface area contributed by atoms with Gasteiger partial charge in [0.25, 0.3) is 0 Å². The second-order valence-corrected chi connectivity index (χ2v) is 2.77. The Morgan fingerprint density at radius 2 is 1.71 bits per heavy atom. The molecule has 1 rings (SSSR count). The molecule has 0 amide bonds. The van der Waals surface area contributed by atoms with Gasteiger partial charge in [-0.3, -0.25) is 0 Å². The lowest BCUT2D eigenvalue weighted by molar-refractivity contribution is 0.149. The molecule has 2 heteroatoms. The monoisotopic (exact) mass is 200 g/mol. The van der Waals surface area contributed by atoms with Crippen molar-refractivity contribution in [3.05, 3.63) is 35.4 Å². The van der Waals surface area contributed by atoms with Crippen molar-refractivity contribution in [1.29, 1.82) is 0 Å². The van der Waals surface area contributed by atoms with Gasteiger partial charge in [0, 0.05) is 6.42 Å². The van der Waals surface area contributed by atoms with Crippen molar-refractivity contribution < 1.29 is 8.78 Å². The van der Waals surface area contributed by atoms with Gasteiger partial charge in [-0.25, -0.2) is 8.78 Å². The van der Waals surface area contributed by atoms with Gasteiger partial charge >= 0.3 is 0 Å². The van der Waals surface area contributed by atoms with Gasteiger partial charge in [0.1, 0.15) is 0 Å². The lowest BCUT2D eigenvalue weighted by Gasteiger charge is -2.02. The molecular formula is C12H18F2. The summed E-state index contributed by atoms with van der Waals surface area (Å²) < 4.78 is 23.9. The molecule has 0 fully saturated rings. The highest BCUT2D eigenvalue weighted by atomic mass is 19.3. The van der Waals surface area contributed by atoms with E-state index in [0.29, 0.717) is 0 Å². The molecule has 0 radical (unpaired) electrons. The molecule has 0 aliphatic heterocycles. The van der Waals surface area contributed by atoms with Gasteiger partial charge in [0.15, 0.2) is 0 Å². The first-order valence-electron chi connectivity index (χ1n) is 5.08. The van der Waals surface area contributed by atoms with Crippen LogP contribution < -0.4 is 0 Å². The van der Waals surface area contributed by atoms with Crippen molar-refractivity contribution >= 4 is 0 Å². The van der Waals surface area contributed by atoms with Crippen LogP contribution >= 0.6 is 0 Å². The minimum Gasteiger partial charge on any atom is -0.210 e. The fourth-order valence-electron chi connectivity index (χ4n) is 1.15. The molecular weight excluding hydrogens is 182 g/mol. The third kappa shape index (κ3) is 4.95. The van der Waals surface area contributed by atoms with Crippen LogP contribution in [0.4, 0.5) is 8.78 Å². The van der Waals surface area contributed by atoms with E-state index < -0.39 is 6.43 Å². The van der Waals surface area contributed by atoms with Gasteiger partial charge in [-0.2, -0.15) is 0 Å². The highest BCUT2D eigenvalue weighted by Crippen LogP contribution is 2.10. The van der Waals surface area contributed by atoms with Crippen LogP contribution in [0.15, 0.2) is 24.3 Å². The fourth-order valence-corrected chi connectivity index (χ4v) is 1.15. The summed E-state index contributed by atoms with van der Waals surface area (Å²) in [6, 6.07) is 7.36. The smallest absolute Gasteiger partial charge is 0.210 e. The van der Waals surface area contributed by atoms with E-state index in [4.69, 9.17) is 0 Å². The van der Waals surface area contributed by atoms with Crippen LogP contribution in [0.5, 0.6) is 0 Å². The van der Waals surface area contributed by atoms with Crippen LogP contribution in [0.25, 0.3) is 0 Å². The second kappa shape index (κ2) is 7.48. The average Bonchev–Trinajstić information content (AvgIpc) is 2.20. The maximum atomic E-state index is 12.0. The summed E-state index contributed by atoms with van der Waals surface area (Å²) in [6.07, 6.45) is -1.47. The molecule has 1 aromatic carbocycles. The summed E-state index contributed by atoms with van der Waals surface area (Å²) in [5.74, 6) is 0. The van der Waals surface area contributed by atoms with E-state index in [1.54, 1.807) is 6.07 Å². The SMILES string of the molecule is CC.CCc1cccc(CC(F)F)c1.